The fourth-order valence-corrected chi connectivity index (χ4v) is 1.63. The van der Waals surface area contributed by atoms with Crippen molar-refractivity contribution in [1.29, 1.82) is 0 Å². The normalized spacial score (nSPS) is 13.3. The van der Waals surface area contributed by atoms with Crippen molar-refractivity contribution in [2.75, 3.05) is 6.67 Å². The van der Waals surface area contributed by atoms with Crippen molar-refractivity contribution < 1.29 is 4.39 Å². The van der Waals surface area contributed by atoms with E-state index in [1.54, 1.807) is 0 Å². The van der Waals surface area contributed by atoms with E-state index in [4.69, 9.17) is 0 Å². The van der Waals surface area contributed by atoms with Crippen molar-refractivity contribution in [3.63, 3.8) is 0 Å². The van der Waals surface area contributed by atoms with Crippen LogP contribution in [0.25, 0.3) is 0 Å². The molecule has 0 saturated heterocycles. The predicted octanol–water partition coefficient (Wildman–Crippen LogP) is 4.16. The Morgan fingerprint density at radius 2 is 1.77 bits per heavy atom. The van der Waals surface area contributed by atoms with Crippen molar-refractivity contribution in [1.82, 2.24) is 0 Å². The topological polar surface area (TPSA) is 0 Å². The Morgan fingerprint density at radius 3 is 2.15 bits per heavy atom. The molecule has 0 fully saturated rings. The summed E-state index contributed by atoms with van der Waals surface area (Å²) in [6.45, 7) is 3.82. The maximum absolute atomic E-state index is 12.7. The maximum atomic E-state index is 12.7. The smallest absolute Gasteiger partial charge is 0.0965 e. The Kier molecular flexibility index (Phi) is 3.91. The van der Waals surface area contributed by atoms with Gasteiger partial charge in [0.15, 0.2) is 0 Å². The van der Waals surface area contributed by atoms with Crippen LogP contribution in [0.4, 0.5) is 4.39 Å². The lowest BCUT2D eigenvalue weighted by Crippen LogP contribution is -2.08. The van der Waals surface area contributed by atoms with E-state index in [-0.39, 0.29) is 12.6 Å². The molecule has 1 aromatic rings. The Hall–Kier alpha value is -0.370. The fourth-order valence-electron chi connectivity index (χ4n) is 1.36. The molecular weight excluding hydrogens is 231 g/mol. The standard InChI is InChI=1S/C11H14BrF/c1-8(2)11(7-13)9-3-5-10(12)6-4-9/h3-6,8,11H,7H2,1-2H3. The summed E-state index contributed by atoms with van der Waals surface area (Å²) in [6.07, 6.45) is 0. The third-order valence-electron chi connectivity index (χ3n) is 2.27. The van der Waals surface area contributed by atoms with E-state index in [1.165, 1.54) is 0 Å². The SMILES string of the molecule is CC(C)C(CF)c1ccc(Br)cc1. The summed E-state index contributed by atoms with van der Waals surface area (Å²) < 4.78 is 13.7. The molecule has 1 unspecified atom stereocenters. The van der Waals surface area contributed by atoms with Crippen LogP contribution in [0.15, 0.2) is 28.7 Å². The lowest BCUT2D eigenvalue weighted by molar-refractivity contribution is 0.365. The van der Waals surface area contributed by atoms with Gasteiger partial charge in [-0.2, -0.15) is 0 Å². The third-order valence-corrected chi connectivity index (χ3v) is 2.80. The fraction of sp³-hybridized carbons (Fsp3) is 0.455. The first-order valence-corrected chi connectivity index (χ1v) is 5.26. The molecule has 0 nitrogen and oxygen atoms in total. The lowest BCUT2D eigenvalue weighted by atomic mass is 9.90. The zero-order chi connectivity index (χ0) is 9.84. The van der Waals surface area contributed by atoms with Crippen molar-refractivity contribution in [2.24, 2.45) is 5.92 Å². The van der Waals surface area contributed by atoms with Gasteiger partial charge in [-0.15, -0.1) is 0 Å². The first kappa shape index (κ1) is 10.7. The minimum atomic E-state index is -0.278. The van der Waals surface area contributed by atoms with E-state index in [9.17, 15) is 4.39 Å². The van der Waals surface area contributed by atoms with Gasteiger partial charge < -0.3 is 0 Å². The Labute approximate surface area is 87.3 Å². The first-order chi connectivity index (χ1) is 6.15. The van der Waals surface area contributed by atoms with Crippen molar-refractivity contribution in [2.45, 2.75) is 19.8 Å². The minimum Gasteiger partial charge on any atom is -0.250 e. The van der Waals surface area contributed by atoms with Crippen molar-refractivity contribution in [3.05, 3.63) is 34.3 Å². The quantitative estimate of drug-likeness (QED) is 0.750. The molecule has 0 spiro atoms. The predicted molar refractivity (Wildman–Crippen MR) is 57.7 cm³/mol. The molecule has 0 aromatic heterocycles. The van der Waals surface area contributed by atoms with Crippen LogP contribution in [-0.2, 0) is 0 Å². The summed E-state index contributed by atoms with van der Waals surface area (Å²) >= 11 is 3.36. The van der Waals surface area contributed by atoms with E-state index in [0.717, 1.165) is 10.0 Å². The molecule has 13 heavy (non-hydrogen) atoms. The number of hydrogen-bond donors (Lipinski definition) is 0. The molecule has 72 valence electrons. The highest BCUT2D eigenvalue weighted by molar-refractivity contribution is 9.10. The second-order valence-corrected chi connectivity index (χ2v) is 4.47. The van der Waals surface area contributed by atoms with E-state index in [0.29, 0.717) is 5.92 Å². The highest BCUT2D eigenvalue weighted by Gasteiger charge is 2.14. The van der Waals surface area contributed by atoms with Crippen LogP contribution in [0.2, 0.25) is 0 Å². The summed E-state index contributed by atoms with van der Waals surface area (Å²) in [4.78, 5) is 0. The van der Waals surface area contributed by atoms with Crippen LogP contribution >= 0.6 is 15.9 Å². The van der Waals surface area contributed by atoms with Crippen molar-refractivity contribution in [3.8, 4) is 0 Å². The largest absolute Gasteiger partial charge is 0.250 e. The van der Waals surface area contributed by atoms with Gasteiger partial charge in [0.25, 0.3) is 0 Å². The molecule has 0 aliphatic heterocycles. The molecular formula is C11H14BrF. The highest BCUT2D eigenvalue weighted by Crippen LogP contribution is 2.25. The lowest BCUT2D eigenvalue weighted by Gasteiger charge is -2.17. The van der Waals surface area contributed by atoms with Gasteiger partial charge in [-0.1, -0.05) is 41.9 Å². The second kappa shape index (κ2) is 4.75. The second-order valence-electron chi connectivity index (χ2n) is 3.56. The van der Waals surface area contributed by atoms with E-state index < -0.39 is 0 Å². The molecule has 0 amide bonds. The van der Waals surface area contributed by atoms with Crippen LogP contribution in [0, 0.1) is 5.92 Å². The van der Waals surface area contributed by atoms with Gasteiger partial charge in [0, 0.05) is 10.4 Å². The monoisotopic (exact) mass is 244 g/mol. The average molecular weight is 245 g/mol. The summed E-state index contributed by atoms with van der Waals surface area (Å²) in [6, 6.07) is 7.88. The van der Waals surface area contributed by atoms with Gasteiger partial charge in [-0.05, 0) is 23.6 Å². The number of halogens is 2. The Bertz CT molecular complexity index is 253. The summed E-state index contributed by atoms with van der Waals surface area (Å²) in [5, 5.41) is 0. The molecule has 0 aliphatic carbocycles. The Balaban J connectivity index is 2.86. The minimum absolute atomic E-state index is 0.0353. The molecule has 0 radical (unpaired) electrons. The third kappa shape index (κ3) is 2.80. The van der Waals surface area contributed by atoms with E-state index >= 15 is 0 Å². The first-order valence-electron chi connectivity index (χ1n) is 4.46. The molecule has 0 N–H and O–H groups in total. The van der Waals surface area contributed by atoms with E-state index in [2.05, 4.69) is 15.9 Å². The number of rotatable bonds is 3. The molecule has 0 saturated carbocycles. The summed E-state index contributed by atoms with van der Waals surface area (Å²) in [7, 11) is 0. The molecule has 0 aliphatic rings. The zero-order valence-corrected chi connectivity index (χ0v) is 9.51. The van der Waals surface area contributed by atoms with Gasteiger partial charge in [0.05, 0.1) is 6.67 Å². The van der Waals surface area contributed by atoms with Crippen LogP contribution < -0.4 is 0 Å². The number of benzene rings is 1. The number of alkyl halides is 1. The molecule has 0 bridgehead atoms. The number of hydrogen-bond acceptors (Lipinski definition) is 0. The molecule has 1 atom stereocenters. The average Bonchev–Trinajstić information content (AvgIpc) is 2.09. The van der Waals surface area contributed by atoms with Crippen LogP contribution in [0.5, 0.6) is 0 Å². The summed E-state index contributed by atoms with van der Waals surface area (Å²) in [5.41, 5.74) is 1.08. The molecule has 1 rings (SSSR count). The van der Waals surface area contributed by atoms with Crippen LogP contribution in [0.3, 0.4) is 0 Å². The molecule has 0 heterocycles. The maximum Gasteiger partial charge on any atom is 0.0965 e. The zero-order valence-electron chi connectivity index (χ0n) is 7.93. The van der Waals surface area contributed by atoms with Gasteiger partial charge in [0.1, 0.15) is 0 Å². The van der Waals surface area contributed by atoms with Gasteiger partial charge in [-0.3, -0.25) is 4.39 Å². The van der Waals surface area contributed by atoms with Gasteiger partial charge in [0.2, 0.25) is 0 Å². The van der Waals surface area contributed by atoms with E-state index in [1.807, 2.05) is 38.1 Å². The van der Waals surface area contributed by atoms with Gasteiger partial charge >= 0.3 is 0 Å². The Morgan fingerprint density at radius 1 is 1.23 bits per heavy atom. The summed E-state index contributed by atoms with van der Waals surface area (Å²) in [5.74, 6) is 0.388. The molecule has 2 heteroatoms. The van der Waals surface area contributed by atoms with Crippen molar-refractivity contribution >= 4 is 15.9 Å². The molecule has 1 aromatic carbocycles. The van der Waals surface area contributed by atoms with Crippen LogP contribution in [-0.4, -0.2) is 6.67 Å². The highest BCUT2D eigenvalue weighted by atomic mass is 79.9. The van der Waals surface area contributed by atoms with Crippen LogP contribution in [0.1, 0.15) is 25.3 Å². The van der Waals surface area contributed by atoms with Gasteiger partial charge in [-0.25, -0.2) is 0 Å².